The average Bonchev–Trinajstić information content (AvgIpc) is 3.09. The first-order valence-electron chi connectivity index (χ1n) is 6.83. The first kappa shape index (κ1) is 11.2. The van der Waals surface area contributed by atoms with Crippen molar-refractivity contribution < 1.29 is 4.74 Å². The average molecular weight is 231 g/mol. The summed E-state index contributed by atoms with van der Waals surface area (Å²) in [4.78, 5) is 0. The molecule has 17 heavy (non-hydrogen) atoms. The van der Waals surface area contributed by atoms with Gasteiger partial charge in [0.15, 0.2) is 0 Å². The van der Waals surface area contributed by atoms with Gasteiger partial charge < -0.3 is 10.1 Å². The van der Waals surface area contributed by atoms with Crippen molar-refractivity contribution in [3.05, 3.63) is 35.4 Å². The van der Waals surface area contributed by atoms with Crippen molar-refractivity contribution in [3.8, 4) is 0 Å². The lowest BCUT2D eigenvalue weighted by molar-refractivity contribution is 0.110. The van der Waals surface area contributed by atoms with E-state index >= 15 is 0 Å². The van der Waals surface area contributed by atoms with Crippen molar-refractivity contribution in [1.82, 2.24) is 5.32 Å². The Kier molecular flexibility index (Phi) is 3.44. The minimum atomic E-state index is 0.446. The van der Waals surface area contributed by atoms with Crippen LogP contribution in [-0.4, -0.2) is 19.3 Å². The molecule has 0 bridgehead atoms. The van der Waals surface area contributed by atoms with E-state index in [-0.39, 0.29) is 0 Å². The van der Waals surface area contributed by atoms with Gasteiger partial charge in [-0.1, -0.05) is 24.3 Å². The largest absolute Gasteiger partial charge is 0.377 e. The molecule has 1 heterocycles. The highest BCUT2D eigenvalue weighted by atomic mass is 16.5. The highest BCUT2D eigenvalue weighted by molar-refractivity contribution is 5.29. The molecule has 1 aromatic carbocycles. The van der Waals surface area contributed by atoms with Crippen molar-refractivity contribution >= 4 is 0 Å². The van der Waals surface area contributed by atoms with Crippen LogP contribution in [0.25, 0.3) is 0 Å². The summed E-state index contributed by atoms with van der Waals surface area (Å²) in [6, 6.07) is 9.03. The standard InChI is InChI=1S/C15H21NO/c1-3-12(9-14(4-1)13-6-7-13)10-16-11-15-5-2-8-17-15/h1,3-4,9,13,15-16H,2,5-8,10-11H2. The zero-order valence-corrected chi connectivity index (χ0v) is 10.3. The Labute approximate surface area is 103 Å². The van der Waals surface area contributed by atoms with Crippen molar-refractivity contribution in [2.75, 3.05) is 13.2 Å². The molecule has 2 fully saturated rings. The molecule has 2 aliphatic rings. The van der Waals surface area contributed by atoms with Gasteiger partial charge in [-0.3, -0.25) is 0 Å². The summed E-state index contributed by atoms with van der Waals surface area (Å²) in [5.74, 6) is 0.855. The molecule has 1 aliphatic carbocycles. The number of rotatable bonds is 5. The first-order chi connectivity index (χ1) is 8.42. The lowest BCUT2D eigenvalue weighted by Crippen LogP contribution is -2.25. The molecule has 1 aliphatic heterocycles. The Morgan fingerprint density at radius 3 is 2.94 bits per heavy atom. The van der Waals surface area contributed by atoms with Gasteiger partial charge in [0.1, 0.15) is 0 Å². The summed E-state index contributed by atoms with van der Waals surface area (Å²) >= 11 is 0. The Morgan fingerprint density at radius 2 is 2.18 bits per heavy atom. The zero-order chi connectivity index (χ0) is 11.5. The topological polar surface area (TPSA) is 21.3 Å². The van der Waals surface area contributed by atoms with E-state index in [0.717, 1.165) is 25.6 Å². The monoisotopic (exact) mass is 231 g/mol. The van der Waals surface area contributed by atoms with Crippen LogP contribution in [0.5, 0.6) is 0 Å². The molecule has 1 unspecified atom stereocenters. The number of nitrogens with one attached hydrogen (secondary N) is 1. The Morgan fingerprint density at radius 1 is 1.24 bits per heavy atom. The number of ether oxygens (including phenoxy) is 1. The summed E-state index contributed by atoms with van der Waals surface area (Å²) < 4.78 is 5.60. The highest BCUT2D eigenvalue weighted by Crippen LogP contribution is 2.40. The Balaban J connectivity index is 1.48. The van der Waals surface area contributed by atoms with Gasteiger partial charge in [0.05, 0.1) is 6.10 Å². The van der Waals surface area contributed by atoms with Crippen molar-refractivity contribution in [2.45, 2.75) is 44.2 Å². The van der Waals surface area contributed by atoms with E-state index in [1.807, 2.05) is 0 Å². The van der Waals surface area contributed by atoms with E-state index in [9.17, 15) is 0 Å². The van der Waals surface area contributed by atoms with Gasteiger partial charge in [-0.15, -0.1) is 0 Å². The third kappa shape index (κ3) is 3.08. The Bertz CT molecular complexity index is 367. The van der Waals surface area contributed by atoms with Crippen LogP contribution < -0.4 is 5.32 Å². The van der Waals surface area contributed by atoms with Crippen LogP contribution in [0.15, 0.2) is 24.3 Å². The van der Waals surface area contributed by atoms with E-state index < -0.39 is 0 Å². The van der Waals surface area contributed by atoms with Crippen LogP contribution in [-0.2, 0) is 11.3 Å². The molecule has 0 aromatic heterocycles. The normalized spacial score (nSPS) is 24.1. The summed E-state index contributed by atoms with van der Waals surface area (Å²) in [5, 5.41) is 3.51. The molecule has 0 spiro atoms. The molecule has 1 atom stereocenters. The number of hydrogen-bond donors (Lipinski definition) is 1. The van der Waals surface area contributed by atoms with Crippen LogP contribution in [0.4, 0.5) is 0 Å². The fourth-order valence-corrected chi connectivity index (χ4v) is 2.56. The maximum atomic E-state index is 5.60. The predicted octanol–water partition coefficient (Wildman–Crippen LogP) is 2.83. The Hall–Kier alpha value is -0.860. The smallest absolute Gasteiger partial charge is 0.0700 e. The van der Waals surface area contributed by atoms with Gasteiger partial charge in [0.25, 0.3) is 0 Å². The molecule has 92 valence electrons. The fourth-order valence-electron chi connectivity index (χ4n) is 2.56. The van der Waals surface area contributed by atoms with Crippen LogP contribution in [0.3, 0.4) is 0 Å². The second-order valence-corrected chi connectivity index (χ2v) is 5.29. The van der Waals surface area contributed by atoms with Crippen LogP contribution in [0.2, 0.25) is 0 Å². The molecular formula is C15H21NO. The first-order valence-corrected chi connectivity index (χ1v) is 6.83. The molecule has 2 nitrogen and oxygen atoms in total. The van der Waals surface area contributed by atoms with Gasteiger partial charge in [-0.25, -0.2) is 0 Å². The lowest BCUT2D eigenvalue weighted by atomic mass is 10.1. The van der Waals surface area contributed by atoms with Gasteiger partial charge >= 0.3 is 0 Å². The SMILES string of the molecule is c1cc(CNCC2CCCO2)cc(C2CC2)c1. The quantitative estimate of drug-likeness (QED) is 0.841. The summed E-state index contributed by atoms with van der Waals surface area (Å²) in [6.07, 6.45) is 5.65. The van der Waals surface area contributed by atoms with Gasteiger partial charge in [-0.2, -0.15) is 0 Å². The number of hydrogen-bond acceptors (Lipinski definition) is 2. The third-order valence-electron chi connectivity index (χ3n) is 3.72. The molecule has 1 aromatic rings. The van der Waals surface area contributed by atoms with Gasteiger partial charge in [0, 0.05) is 19.7 Å². The van der Waals surface area contributed by atoms with Crippen molar-refractivity contribution in [1.29, 1.82) is 0 Å². The molecule has 0 radical (unpaired) electrons. The second kappa shape index (κ2) is 5.19. The van der Waals surface area contributed by atoms with Crippen LogP contribution in [0.1, 0.15) is 42.7 Å². The molecule has 1 N–H and O–H groups in total. The van der Waals surface area contributed by atoms with Crippen molar-refractivity contribution in [3.63, 3.8) is 0 Å². The predicted molar refractivity (Wildman–Crippen MR) is 69.1 cm³/mol. The van der Waals surface area contributed by atoms with Crippen molar-refractivity contribution in [2.24, 2.45) is 0 Å². The van der Waals surface area contributed by atoms with E-state index in [4.69, 9.17) is 4.74 Å². The van der Waals surface area contributed by atoms with E-state index in [2.05, 4.69) is 29.6 Å². The molecule has 0 amide bonds. The fraction of sp³-hybridized carbons (Fsp3) is 0.600. The minimum Gasteiger partial charge on any atom is -0.377 e. The summed E-state index contributed by atoms with van der Waals surface area (Å²) in [5.41, 5.74) is 2.94. The highest BCUT2D eigenvalue weighted by Gasteiger charge is 2.23. The molecule has 2 heteroatoms. The second-order valence-electron chi connectivity index (χ2n) is 5.29. The van der Waals surface area contributed by atoms with E-state index in [1.165, 1.54) is 36.8 Å². The van der Waals surface area contributed by atoms with Crippen LogP contribution >= 0.6 is 0 Å². The molecule has 1 saturated carbocycles. The maximum Gasteiger partial charge on any atom is 0.0700 e. The van der Waals surface area contributed by atoms with Gasteiger partial charge in [0.2, 0.25) is 0 Å². The minimum absolute atomic E-state index is 0.446. The zero-order valence-electron chi connectivity index (χ0n) is 10.3. The van der Waals surface area contributed by atoms with E-state index in [0.29, 0.717) is 6.10 Å². The molecular weight excluding hydrogens is 210 g/mol. The van der Waals surface area contributed by atoms with E-state index in [1.54, 1.807) is 0 Å². The lowest BCUT2D eigenvalue weighted by Gasteiger charge is -2.11. The molecule has 3 rings (SSSR count). The van der Waals surface area contributed by atoms with Crippen LogP contribution in [0, 0.1) is 0 Å². The summed E-state index contributed by atoms with van der Waals surface area (Å²) in [6.45, 7) is 2.91. The molecule has 1 saturated heterocycles. The maximum absolute atomic E-state index is 5.60. The van der Waals surface area contributed by atoms with Gasteiger partial charge in [-0.05, 0) is 42.7 Å². The number of benzene rings is 1. The third-order valence-corrected chi connectivity index (χ3v) is 3.72. The summed E-state index contributed by atoms with van der Waals surface area (Å²) in [7, 11) is 0.